The summed E-state index contributed by atoms with van der Waals surface area (Å²) >= 11 is 0. The number of amides is 2. The van der Waals surface area contributed by atoms with Gasteiger partial charge in [0, 0.05) is 31.5 Å². The van der Waals surface area contributed by atoms with Gasteiger partial charge in [-0.05, 0) is 31.5 Å². The van der Waals surface area contributed by atoms with E-state index in [2.05, 4.69) is 5.32 Å². The predicted molar refractivity (Wildman–Crippen MR) is 92.3 cm³/mol. The van der Waals surface area contributed by atoms with Gasteiger partial charge in [-0.15, -0.1) is 0 Å². The number of rotatable bonds is 7. The fourth-order valence-corrected chi connectivity index (χ4v) is 2.55. The quantitative estimate of drug-likeness (QED) is 0.344. The topological polar surface area (TPSA) is 111 Å². The summed E-state index contributed by atoms with van der Waals surface area (Å²) in [6.07, 6.45) is 0. The number of non-ortho nitro benzene ring substituents is 1. The van der Waals surface area contributed by atoms with Gasteiger partial charge in [0.05, 0.1) is 23.1 Å². The molecule has 9 nitrogen and oxygen atoms in total. The van der Waals surface area contributed by atoms with E-state index in [0.29, 0.717) is 17.9 Å². The van der Waals surface area contributed by atoms with Crippen LogP contribution in [0.1, 0.15) is 25.5 Å². The van der Waals surface area contributed by atoms with E-state index in [1.807, 2.05) is 6.92 Å². The highest BCUT2D eigenvalue weighted by atomic mass is 16.6. The van der Waals surface area contributed by atoms with Crippen molar-refractivity contribution in [3.63, 3.8) is 0 Å². The van der Waals surface area contributed by atoms with E-state index in [0.717, 1.165) is 0 Å². The third kappa shape index (κ3) is 4.17. The van der Waals surface area contributed by atoms with Crippen LogP contribution in [0.15, 0.2) is 35.5 Å². The summed E-state index contributed by atoms with van der Waals surface area (Å²) in [7, 11) is 1.55. The normalized spacial score (nSPS) is 17.1. The number of allylic oxidation sites excluding steroid dienone is 1. The number of hydrogen-bond acceptors (Lipinski definition) is 6. The number of urea groups is 1. The van der Waals surface area contributed by atoms with Crippen molar-refractivity contribution in [2.45, 2.75) is 19.9 Å². The van der Waals surface area contributed by atoms with E-state index in [1.165, 1.54) is 29.2 Å². The fraction of sp³-hybridized carbons (Fsp3) is 0.412. The van der Waals surface area contributed by atoms with Gasteiger partial charge in [-0.1, -0.05) is 0 Å². The van der Waals surface area contributed by atoms with Crippen molar-refractivity contribution in [1.82, 2.24) is 10.2 Å². The molecule has 0 fully saturated rings. The summed E-state index contributed by atoms with van der Waals surface area (Å²) < 4.78 is 10.4. The van der Waals surface area contributed by atoms with Crippen LogP contribution in [-0.2, 0) is 14.3 Å². The molecule has 1 aliphatic rings. The summed E-state index contributed by atoms with van der Waals surface area (Å²) in [4.78, 5) is 36.3. The molecule has 1 unspecified atom stereocenters. The Bertz CT molecular complexity index is 729. The van der Waals surface area contributed by atoms with Crippen LogP contribution >= 0.6 is 0 Å². The smallest absolute Gasteiger partial charge is 0.338 e. The molecule has 1 aromatic rings. The van der Waals surface area contributed by atoms with Crippen molar-refractivity contribution in [3.8, 4) is 0 Å². The number of ether oxygens (including phenoxy) is 2. The van der Waals surface area contributed by atoms with Crippen molar-refractivity contribution < 1.29 is 24.0 Å². The highest BCUT2D eigenvalue weighted by Crippen LogP contribution is 2.31. The van der Waals surface area contributed by atoms with E-state index < -0.39 is 16.9 Å². The van der Waals surface area contributed by atoms with Crippen molar-refractivity contribution in [1.29, 1.82) is 0 Å². The summed E-state index contributed by atoms with van der Waals surface area (Å²) in [5.74, 6) is -0.572. The molecule has 0 aromatic heterocycles. The highest BCUT2D eigenvalue weighted by Gasteiger charge is 2.35. The maximum Gasteiger partial charge on any atom is 0.338 e. The molecular formula is C17H21N3O6. The van der Waals surface area contributed by atoms with Crippen LogP contribution in [0.4, 0.5) is 10.5 Å². The second-order valence-electron chi connectivity index (χ2n) is 5.62. The van der Waals surface area contributed by atoms with Crippen LogP contribution in [0.25, 0.3) is 0 Å². The van der Waals surface area contributed by atoms with E-state index in [1.54, 1.807) is 14.0 Å². The third-order valence-corrected chi connectivity index (χ3v) is 4.08. The highest BCUT2D eigenvalue weighted by molar-refractivity contribution is 5.95. The standard InChI is InChI=1S/C17H21N3O6/c1-4-25-9-10-26-16(21)14-11(2)19(3)17(22)18-15(14)12-5-7-13(8-6-12)20(23)24/h5-8,15H,4,9-10H2,1-3H3,(H,18,22). The molecule has 1 N–H and O–H groups in total. The zero-order valence-corrected chi connectivity index (χ0v) is 14.9. The number of nitro benzene ring substituents is 1. The van der Waals surface area contributed by atoms with Gasteiger partial charge in [0.25, 0.3) is 5.69 Å². The van der Waals surface area contributed by atoms with Gasteiger partial charge < -0.3 is 19.7 Å². The molecule has 140 valence electrons. The SMILES string of the molecule is CCOCCOC(=O)C1=C(C)N(C)C(=O)NC1c1ccc([N+](=O)[O-])cc1. The molecule has 0 bridgehead atoms. The Morgan fingerprint density at radius 1 is 1.31 bits per heavy atom. The largest absolute Gasteiger partial charge is 0.460 e. The number of carbonyl (C=O) groups excluding carboxylic acids is 2. The number of carbonyl (C=O) groups is 2. The van der Waals surface area contributed by atoms with Crippen molar-refractivity contribution in [2.75, 3.05) is 26.9 Å². The molecule has 0 radical (unpaired) electrons. The molecule has 0 aliphatic carbocycles. The molecule has 0 saturated heterocycles. The molecule has 1 aromatic carbocycles. The van der Waals surface area contributed by atoms with Gasteiger partial charge in [0.1, 0.15) is 6.61 Å². The minimum atomic E-state index is -0.751. The van der Waals surface area contributed by atoms with Crippen molar-refractivity contribution in [3.05, 3.63) is 51.2 Å². The van der Waals surface area contributed by atoms with Crippen LogP contribution in [0.5, 0.6) is 0 Å². The van der Waals surface area contributed by atoms with E-state index in [-0.39, 0.29) is 30.5 Å². The monoisotopic (exact) mass is 363 g/mol. The zero-order chi connectivity index (χ0) is 19.3. The second kappa shape index (κ2) is 8.43. The Morgan fingerprint density at radius 3 is 2.54 bits per heavy atom. The third-order valence-electron chi connectivity index (χ3n) is 4.08. The average molecular weight is 363 g/mol. The van der Waals surface area contributed by atoms with Gasteiger partial charge in [0.2, 0.25) is 0 Å². The van der Waals surface area contributed by atoms with Crippen LogP contribution in [0.2, 0.25) is 0 Å². The van der Waals surface area contributed by atoms with Crippen LogP contribution in [0.3, 0.4) is 0 Å². The lowest BCUT2D eigenvalue weighted by molar-refractivity contribution is -0.384. The Hall–Kier alpha value is -2.94. The summed E-state index contributed by atoms with van der Waals surface area (Å²) in [6, 6.07) is 4.54. The van der Waals surface area contributed by atoms with Gasteiger partial charge in [-0.3, -0.25) is 10.1 Å². The lowest BCUT2D eigenvalue weighted by Crippen LogP contribution is -2.46. The van der Waals surface area contributed by atoms with Crippen LogP contribution < -0.4 is 5.32 Å². The Kier molecular flexibility index (Phi) is 6.29. The van der Waals surface area contributed by atoms with Crippen molar-refractivity contribution in [2.24, 2.45) is 0 Å². The number of nitrogens with one attached hydrogen (secondary N) is 1. The number of nitrogens with zero attached hydrogens (tertiary/aromatic N) is 2. The minimum absolute atomic E-state index is 0.0745. The second-order valence-corrected chi connectivity index (χ2v) is 5.62. The van der Waals surface area contributed by atoms with Gasteiger partial charge in [0.15, 0.2) is 0 Å². The first-order valence-electron chi connectivity index (χ1n) is 8.11. The molecule has 0 spiro atoms. The first kappa shape index (κ1) is 19.4. The number of nitro groups is 1. The van der Waals surface area contributed by atoms with Gasteiger partial charge in [-0.25, -0.2) is 9.59 Å². The Labute approximate surface area is 150 Å². The molecule has 26 heavy (non-hydrogen) atoms. The molecule has 1 heterocycles. The number of hydrogen-bond donors (Lipinski definition) is 1. The maximum absolute atomic E-state index is 12.6. The molecule has 1 aliphatic heterocycles. The number of benzene rings is 1. The molecule has 1 atom stereocenters. The Balaban J connectivity index is 2.30. The van der Waals surface area contributed by atoms with E-state index in [4.69, 9.17) is 9.47 Å². The predicted octanol–water partition coefficient (Wildman–Crippen LogP) is 2.14. The fourth-order valence-electron chi connectivity index (χ4n) is 2.55. The zero-order valence-electron chi connectivity index (χ0n) is 14.9. The molecule has 2 rings (SSSR count). The summed E-state index contributed by atoms with van der Waals surface area (Å²) in [6.45, 7) is 4.37. The maximum atomic E-state index is 12.6. The lowest BCUT2D eigenvalue weighted by atomic mass is 9.95. The summed E-state index contributed by atoms with van der Waals surface area (Å²) in [5, 5.41) is 13.5. The van der Waals surface area contributed by atoms with E-state index in [9.17, 15) is 19.7 Å². The molecule has 2 amide bonds. The lowest BCUT2D eigenvalue weighted by Gasteiger charge is -2.33. The molecular weight excluding hydrogens is 342 g/mol. The summed E-state index contributed by atoms with van der Waals surface area (Å²) in [5.41, 5.74) is 1.21. The molecule has 0 saturated carbocycles. The van der Waals surface area contributed by atoms with Crippen LogP contribution in [-0.4, -0.2) is 48.7 Å². The van der Waals surface area contributed by atoms with Gasteiger partial charge in [-0.2, -0.15) is 0 Å². The average Bonchev–Trinajstić information content (AvgIpc) is 2.63. The minimum Gasteiger partial charge on any atom is -0.460 e. The Morgan fingerprint density at radius 2 is 1.96 bits per heavy atom. The van der Waals surface area contributed by atoms with Crippen LogP contribution in [0, 0.1) is 10.1 Å². The van der Waals surface area contributed by atoms with E-state index >= 15 is 0 Å². The number of esters is 1. The van der Waals surface area contributed by atoms with Crippen molar-refractivity contribution >= 4 is 17.7 Å². The van der Waals surface area contributed by atoms with Gasteiger partial charge >= 0.3 is 12.0 Å². The first-order chi connectivity index (χ1) is 12.4. The first-order valence-corrected chi connectivity index (χ1v) is 8.11. The molecule has 9 heteroatoms.